The lowest BCUT2D eigenvalue weighted by atomic mass is 9.85. The van der Waals surface area contributed by atoms with Crippen molar-refractivity contribution >= 4 is 43.4 Å². The molecule has 0 atom stereocenters. The monoisotopic (exact) mass is 648 g/mol. The van der Waals surface area contributed by atoms with Gasteiger partial charge in [0.15, 0.2) is 0 Å². The van der Waals surface area contributed by atoms with Gasteiger partial charge in [-0.3, -0.25) is 4.98 Å². The van der Waals surface area contributed by atoms with Crippen molar-refractivity contribution in [1.82, 2.24) is 9.55 Å². The Morgan fingerprint density at radius 1 is 0.294 bits per heavy atom. The minimum Gasteiger partial charge on any atom is -0.309 e. The SMILES string of the molecule is c1ccc(-c2ccc(-c3c4ccccc4c(-c4ccc(-c5ccc(-n6c7ccccc7c7ccccc76)cc5)cc4)c4ccccc34)cc2)nc1. The van der Waals surface area contributed by atoms with E-state index < -0.39 is 0 Å². The zero-order valence-electron chi connectivity index (χ0n) is 27.9. The quantitative estimate of drug-likeness (QED) is 0.170. The van der Waals surface area contributed by atoms with E-state index >= 15 is 0 Å². The van der Waals surface area contributed by atoms with Crippen molar-refractivity contribution in [3.05, 3.63) is 194 Å². The molecule has 8 aromatic carbocycles. The number of para-hydroxylation sites is 2. The zero-order valence-corrected chi connectivity index (χ0v) is 27.9. The van der Waals surface area contributed by atoms with Crippen LogP contribution in [0.3, 0.4) is 0 Å². The van der Waals surface area contributed by atoms with Crippen molar-refractivity contribution in [2.45, 2.75) is 0 Å². The normalized spacial score (nSPS) is 11.5. The molecule has 0 saturated heterocycles. The van der Waals surface area contributed by atoms with Gasteiger partial charge in [-0.15, -0.1) is 0 Å². The van der Waals surface area contributed by atoms with Crippen LogP contribution in [0.5, 0.6) is 0 Å². The lowest BCUT2D eigenvalue weighted by Crippen LogP contribution is -1.93. The number of fused-ring (bicyclic) bond motifs is 5. The summed E-state index contributed by atoms with van der Waals surface area (Å²) in [5.41, 5.74) is 13.1. The molecule has 0 aliphatic heterocycles. The first kappa shape index (κ1) is 29.2. The van der Waals surface area contributed by atoms with E-state index in [9.17, 15) is 0 Å². The summed E-state index contributed by atoms with van der Waals surface area (Å²) in [7, 11) is 0. The maximum Gasteiger partial charge on any atom is 0.0701 e. The van der Waals surface area contributed by atoms with Gasteiger partial charge in [0.05, 0.1) is 16.7 Å². The molecule has 2 nitrogen and oxygen atoms in total. The second kappa shape index (κ2) is 12.0. The Bertz CT molecular complexity index is 2750. The minimum atomic E-state index is 0.983. The number of hydrogen-bond acceptors (Lipinski definition) is 1. The van der Waals surface area contributed by atoms with Crippen LogP contribution in [0.25, 0.3) is 93.7 Å². The number of benzene rings is 8. The highest BCUT2D eigenvalue weighted by molar-refractivity contribution is 6.21. The molecule has 0 amide bonds. The first-order chi connectivity index (χ1) is 25.3. The highest BCUT2D eigenvalue weighted by Crippen LogP contribution is 2.44. The first-order valence-corrected chi connectivity index (χ1v) is 17.5. The average Bonchev–Trinajstić information content (AvgIpc) is 3.55. The topological polar surface area (TPSA) is 17.8 Å². The van der Waals surface area contributed by atoms with E-state index in [1.165, 1.54) is 76.7 Å². The molecule has 0 saturated carbocycles. The van der Waals surface area contributed by atoms with Crippen molar-refractivity contribution in [3.63, 3.8) is 0 Å². The van der Waals surface area contributed by atoms with Gasteiger partial charge in [0.25, 0.3) is 0 Å². The van der Waals surface area contributed by atoms with E-state index in [-0.39, 0.29) is 0 Å². The lowest BCUT2D eigenvalue weighted by molar-refractivity contribution is 1.18. The van der Waals surface area contributed by atoms with Crippen LogP contribution in [0.2, 0.25) is 0 Å². The zero-order chi connectivity index (χ0) is 33.7. The van der Waals surface area contributed by atoms with Gasteiger partial charge >= 0.3 is 0 Å². The Hall–Kier alpha value is -6.77. The summed E-state index contributed by atoms with van der Waals surface area (Å²) in [6.45, 7) is 0. The number of aromatic nitrogens is 2. The standard InChI is InChI=1S/C49H32N2/c1-3-15-43-41(13-1)48(42-14-2-4-16-44(42)49(43)37-26-22-35(23-27-37)45-17-9-10-32-50-45)36-24-20-33(21-25-36)34-28-30-38(31-29-34)51-46-18-7-5-11-39(46)40-12-6-8-19-47(40)51/h1-32H. The predicted octanol–water partition coefficient (Wildman–Crippen LogP) is 13.2. The van der Waals surface area contributed by atoms with Crippen LogP contribution in [0.15, 0.2) is 194 Å². The van der Waals surface area contributed by atoms with Crippen LogP contribution in [-0.2, 0) is 0 Å². The Morgan fingerprint density at radius 3 is 1.12 bits per heavy atom. The summed E-state index contributed by atoms with van der Waals surface area (Å²) >= 11 is 0. The number of hydrogen-bond donors (Lipinski definition) is 0. The van der Waals surface area contributed by atoms with Crippen molar-refractivity contribution in [2.24, 2.45) is 0 Å². The fourth-order valence-corrected chi connectivity index (χ4v) is 7.92. The summed E-state index contributed by atoms with van der Waals surface area (Å²) in [6, 6.07) is 67.9. The molecule has 10 aromatic rings. The maximum atomic E-state index is 4.55. The van der Waals surface area contributed by atoms with Crippen LogP contribution < -0.4 is 0 Å². The highest BCUT2D eigenvalue weighted by atomic mass is 15.0. The third kappa shape index (κ3) is 4.84. The molecule has 2 heterocycles. The van der Waals surface area contributed by atoms with E-state index in [0.29, 0.717) is 0 Å². The smallest absolute Gasteiger partial charge is 0.0701 e. The Labute approximate surface area is 296 Å². The largest absolute Gasteiger partial charge is 0.309 e. The molecule has 2 aromatic heterocycles. The van der Waals surface area contributed by atoms with Crippen LogP contribution in [-0.4, -0.2) is 9.55 Å². The summed E-state index contributed by atoms with van der Waals surface area (Å²) < 4.78 is 2.37. The second-order valence-corrected chi connectivity index (χ2v) is 13.1. The fraction of sp³-hybridized carbons (Fsp3) is 0. The molecule has 0 unspecified atom stereocenters. The molecule has 51 heavy (non-hydrogen) atoms. The van der Waals surface area contributed by atoms with Crippen LogP contribution >= 0.6 is 0 Å². The molecule has 0 radical (unpaired) electrons. The van der Waals surface area contributed by atoms with Crippen LogP contribution in [0.4, 0.5) is 0 Å². The van der Waals surface area contributed by atoms with Gasteiger partial charge in [0.2, 0.25) is 0 Å². The van der Waals surface area contributed by atoms with E-state index in [4.69, 9.17) is 0 Å². The predicted molar refractivity (Wildman–Crippen MR) is 215 cm³/mol. The van der Waals surface area contributed by atoms with Crippen LogP contribution in [0, 0.1) is 0 Å². The van der Waals surface area contributed by atoms with Gasteiger partial charge in [0, 0.05) is 28.2 Å². The highest BCUT2D eigenvalue weighted by Gasteiger charge is 2.17. The summed E-state index contributed by atoms with van der Waals surface area (Å²) in [5, 5.41) is 7.56. The molecule has 238 valence electrons. The Kier molecular flexibility index (Phi) is 6.85. The van der Waals surface area contributed by atoms with Gasteiger partial charge in [-0.1, -0.05) is 152 Å². The van der Waals surface area contributed by atoms with E-state index in [1.807, 2.05) is 18.3 Å². The van der Waals surface area contributed by atoms with Crippen molar-refractivity contribution in [1.29, 1.82) is 0 Å². The molecule has 0 fully saturated rings. The number of rotatable bonds is 5. The Morgan fingerprint density at radius 2 is 0.667 bits per heavy atom. The third-order valence-electron chi connectivity index (χ3n) is 10.3. The first-order valence-electron chi connectivity index (χ1n) is 17.5. The average molecular weight is 649 g/mol. The van der Waals surface area contributed by atoms with Crippen LogP contribution in [0.1, 0.15) is 0 Å². The van der Waals surface area contributed by atoms with Crippen molar-refractivity contribution in [2.75, 3.05) is 0 Å². The molecule has 0 bridgehead atoms. The third-order valence-corrected chi connectivity index (χ3v) is 10.3. The van der Waals surface area contributed by atoms with Gasteiger partial charge < -0.3 is 4.57 Å². The minimum absolute atomic E-state index is 0.983. The summed E-state index contributed by atoms with van der Waals surface area (Å²) in [5.74, 6) is 0. The molecular formula is C49H32N2. The molecule has 0 aliphatic carbocycles. The molecule has 0 aliphatic rings. The van der Waals surface area contributed by atoms with Crippen molar-refractivity contribution < 1.29 is 0 Å². The molecular weight excluding hydrogens is 617 g/mol. The van der Waals surface area contributed by atoms with Gasteiger partial charge in [0.1, 0.15) is 0 Å². The lowest BCUT2D eigenvalue weighted by Gasteiger charge is -2.18. The molecule has 0 N–H and O–H groups in total. The summed E-state index contributed by atoms with van der Waals surface area (Å²) in [6.07, 6.45) is 1.85. The number of nitrogens with zero attached hydrogens (tertiary/aromatic N) is 2. The molecule has 0 spiro atoms. The Balaban J connectivity index is 1.04. The van der Waals surface area contributed by atoms with Gasteiger partial charge in [-0.05, 0) is 91.3 Å². The van der Waals surface area contributed by atoms with E-state index in [1.54, 1.807) is 0 Å². The number of pyridine rings is 1. The maximum absolute atomic E-state index is 4.55. The van der Waals surface area contributed by atoms with E-state index in [2.05, 4.69) is 185 Å². The van der Waals surface area contributed by atoms with Crippen molar-refractivity contribution in [3.8, 4) is 50.3 Å². The fourth-order valence-electron chi connectivity index (χ4n) is 7.92. The molecule has 10 rings (SSSR count). The second-order valence-electron chi connectivity index (χ2n) is 13.1. The van der Waals surface area contributed by atoms with E-state index in [0.717, 1.165) is 16.9 Å². The summed E-state index contributed by atoms with van der Waals surface area (Å²) in [4.78, 5) is 4.55. The van der Waals surface area contributed by atoms with Gasteiger partial charge in [-0.25, -0.2) is 0 Å². The molecule has 2 heteroatoms. The van der Waals surface area contributed by atoms with Gasteiger partial charge in [-0.2, -0.15) is 0 Å².